The molecule has 1 aliphatic rings. The van der Waals surface area contributed by atoms with Gasteiger partial charge in [0.25, 0.3) is 0 Å². The second-order valence-electron chi connectivity index (χ2n) is 5.37. The lowest BCUT2D eigenvalue weighted by atomic mass is 10.1. The Kier molecular flexibility index (Phi) is 4.01. The number of nitrogens with one attached hydrogen (secondary N) is 2. The van der Waals surface area contributed by atoms with Crippen LogP contribution < -0.4 is 16.3 Å². The fraction of sp³-hybridized carbons (Fsp3) is 0.500. The van der Waals surface area contributed by atoms with E-state index in [9.17, 15) is 9.59 Å². The van der Waals surface area contributed by atoms with Gasteiger partial charge in [-0.05, 0) is 44.0 Å². The van der Waals surface area contributed by atoms with Gasteiger partial charge in [-0.1, -0.05) is 6.07 Å². The molecular weight excluding hydrogens is 270 g/mol. The molecule has 112 valence electrons. The Morgan fingerprint density at radius 1 is 1.48 bits per heavy atom. The number of amides is 1. The number of aromatic nitrogens is 3. The van der Waals surface area contributed by atoms with Crippen molar-refractivity contribution in [3.8, 4) is 0 Å². The second-order valence-corrected chi connectivity index (χ2v) is 5.37. The van der Waals surface area contributed by atoms with Crippen LogP contribution >= 0.6 is 0 Å². The van der Waals surface area contributed by atoms with E-state index in [1.807, 2.05) is 6.07 Å². The van der Waals surface area contributed by atoms with E-state index in [0.717, 1.165) is 19.5 Å². The molecule has 1 fully saturated rings. The first-order valence-corrected chi connectivity index (χ1v) is 7.25. The average Bonchev–Trinajstić information content (AvgIpc) is 3.09. The Hall–Kier alpha value is -2.15. The third-order valence-corrected chi connectivity index (χ3v) is 3.82. The molecule has 2 aromatic heterocycles. The van der Waals surface area contributed by atoms with Crippen molar-refractivity contribution in [2.75, 3.05) is 19.6 Å². The van der Waals surface area contributed by atoms with Crippen molar-refractivity contribution >= 4 is 11.6 Å². The summed E-state index contributed by atoms with van der Waals surface area (Å²) in [5.74, 6) is 0.467. The molecule has 1 atom stereocenters. The lowest BCUT2D eigenvalue weighted by Crippen LogP contribution is -2.33. The number of nitrogens with zero attached hydrogens (tertiary/aromatic N) is 3. The molecule has 3 heterocycles. The molecule has 0 radical (unpaired) electrons. The zero-order valence-corrected chi connectivity index (χ0v) is 11.8. The highest BCUT2D eigenvalue weighted by Crippen LogP contribution is 2.10. The quantitative estimate of drug-likeness (QED) is 0.786. The van der Waals surface area contributed by atoms with E-state index >= 15 is 0 Å². The lowest BCUT2D eigenvalue weighted by molar-refractivity contribution is -0.121. The summed E-state index contributed by atoms with van der Waals surface area (Å²) in [6, 6.07) is 5.31. The third kappa shape index (κ3) is 3.13. The van der Waals surface area contributed by atoms with Crippen molar-refractivity contribution in [3.05, 3.63) is 34.9 Å². The normalized spacial score (nSPS) is 18.2. The van der Waals surface area contributed by atoms with Crippen LogP contribution in [0.2, 0.25) is 0 Å². The molecule has 0 aliphatic carbocycles. The molecule has 7 heteroatoms. The van der Waals surface area contributed by atoms with E-state index in [-0.39, 0.29) is 18.1 Å². The SMILES string of the molecule is O=C(Cn1nc2ccccn2c1=O)NCCC1CCNC1. The van der Waals surface area contributed by atoms with Crippen molar-refractivity contribution in [3.63, 3.8) is 0 Å². The van der Waals surface area contributed by atoms with E-state index in [4.69, 9.17) is 0 Å². The van der Waals surface area contributed by atoms with Gasteiger partial charge < -0.3 is 10.6 Å². The van der Waals surface area contributed by atoms with Gasteiger partial charge in [0.1, 0.15) is 6.54 Å². The second kappa shape index (κ2) is 6.09. The lowest BCUT2D eigenvalue weighted by Gasteiger charge is -2.08. The number of hydrogen-bond donors (Lipinski definition) is 2. The molecule has 21 heavy (non-hydrogen) atoms. The highest BCUT2D eigenvalue weighted by Gasteiger charge is 2.15. The smallest absolute Gasteiger partial charge is 0.350 e. The van der Waals surface area contributed by atoms with Crippen molar-refractivity contribution in [1.29, 1.82) is 0 Å². The van der Waals surface area contributed by atoms with Crippen molar-refractivity contribution in [2.45, 2.75) is 19.4 Å². The summed E-state index contributed by atoms with van der Waals surface area (Å²) >= 11 is 0. The molecule has 1 saturated heterocycles. The average molecular weight is 289 g/mol. The summed E-state index contributed by atoms with van der Waals surface area (Å²) in [5, 5.41) is 10.3. The predicted molar refractivity (Wildman–Crippen MR) is 78.1 cm³/mol. The maximum Gasteiger partial charge on any atom is 0.350 e. The molecule has 1 unspecified atom stereocenters. The molecule has 7 nitrogen and oxygen atoms in total. The fourth-order valence-corrected chi connectivity index (χ4v) is 2.64. The molecule has 0 aromatic carbocycles. The van der Waals surface area contributed by atoms with Crippen LogP contribution in [0.4, 0.5) is 0 Å². The Morgan fingerprint density at radius 3 is 3.14 bits per heavy atom. The van der Waals surface area contributed by atoms with Gasteiger partial charge >= 0.3 is 5.69 Å². The van der Waals surface area contributed by atoms with E-state index in [2.05, 4.69) is 15.7 Å². The number of carbonyl (C=O) groups excluding carboxylic acids is 1. The van der Waals surface area contributed by atoms with Crippen molar-refractivity contribution < 1.29 is 4.79 Å². The Balaban J connectivity index is 1.56. The predicted octanol–water partition coefficient (Wildman–Crippen LogP) is -0.388. The van der Waals surface area contributed by atoms with Crippen LogP contribution in [0.25, 0.3) is 5.65 Å². The third-order valence-electron chi connectivity index (χ3n) is 3.82. The minimum absolute atomic E-state index is 0.0383. The minimum atomic E-state index is -0.291. The molecule has 2 aromatic rings. The van der Waals surface area contributed by atoms with Crippen LogP contribution in [0, 0.1) is 5.92 Å². The Labute approximate surface area is 122 Å². The molecule has 0 bridgehead atoms. The van der Waals surface area contributed by atoms with Crippen LogP contribution in [0.5, 0.6) is 0 Å². The number of rotatable bonds is 5. The van der Waals surface area contributed by atoms with Gasteiger partial charge in [-0.15, -0.1) is 5.10 Å². The number of fused-ring (bicyclic) bond motifs is 1. The standard InChI is InChI=1S/C14H19N5O2/c20-13(16-7-5-11-4-6-15-9-11)10-19-14(21)18-8-2-1-3-12(18)17-19/h1-3,8,11,15H,4-7,9-10H2,(H,16,20). The maximum absolute atomic E-state index is 12.0. The van der Waals surface area contributed by atoms with E-state index in [1.54, 1.807) is 18.3 Å². The maximum atomic E-state index is 12.0. The zero-order chi connectivity index (χ0) is 14.7. The van der Waals surface area contributed by atoms with Crippen LogP contribution in [0.1, 0.15) is 12.8 Å². The first-order chi connectivity index (χ1) is 10.2. The van der Waals surface area contributed by atoms with E-state index < -0.39 is 0 Å². The summed E-state index contributed by atoms with van der Waals surface area (Å²) in [4.78, 5) is 23.9. The van der Waals surface area contributed by atoms with Gasteiger partial charge in [0.15, 0.2) is 5.65 Å². The Bertz CT molecular complexity index is 684. The summed E-state index contributed by atoms with van der Waals surface area (Å²) in [5.41, 5.74) is 0.257. The van der Waals surface area contributed by atoms with Gasteiger partial charge in [-0.25, -0.2) is 9.48 Å². The van der Waals surface area contributed by atoms with Gasteiger partial charge in [0.2, 0.25) is 5.91 Å². The van der Waals surface area contributed by atoms with E-state index in [0.29, 0.717) is 18.1 Å². The molecule has 1 aliphatic heterocycles. The summed E-state index contributed by atoms with van der Waals surface area (Å²) in [7, 11) is 0. The first-order valence-electron chi connectivity index (χ1n) is 7.25. The summed E-state index contributed by atoms with van der Waals surface area (Å²) in [6.07, 6.45) is 3.78. The highest BCUT2D eigenvalue weighted by atomic mass is 16.2. The molecule has 0 saturated carbocycles. The monoisotopic (exact) mass is 289 g/mol. The topological polar surface area (TPSA) is 80.4 Å². The highest BCUT2D eigenvalue weighted by molar-refractivity contribution is 5.75. The minimum Gasteiger partial charge on any atom is -0.354 e. The summed E-state index contributed by atoms with van der Waals surface area (Å²) in [6.45, 7) is 2.70. The number of pyridine rings is 1. The van der Waals surface area contributed by atoms with Gasteiger partial charge in [0.05, 0.1) is 0 Å². The molecule has 0 spiro atoms. The summed E-state index contributed by atoms with van der Waals surface area (Å²) < 4.78 is 2.62. The molecule has 1 amide bonds. The van der Waals surface area contributed by atoms with E-state index in [1.165, 1.54) is 15.5 Å². The largest absolute Gasteiger partial charge is 0.354 e. The Morgan fingerprint density at radius 2 is 2.38 bits per heavy atom. The zero-order valence-electron chi connectivity index (χ0n) is 11.8. The first kappa shape index (κ1) is 13.8. The van der Waals surface area contributed by atoms with Gasteiger partial charge in [-0.3, -0.25) is 9.20 Å². The van der Waals surface area contributed by atoms with Crippen LogP contribution in [0.15, 0.2) is 29.2 Å². The fourth-order valence-electron chi connectivity index (χ4n) is 2.64. The van der Waals surface area contributed by atoms with Gasteiger partial charge in [-0.2, -0.15) is 0 Å². The molecular formula is C14H19N5O2. The van der Waals surface area contributed by atoms with Crippen molar-refractivity contribution in [1.82, 2.24) is 24.8 Å². The molecule has 3 rings (SSSR count). The van der Waals surface area contributed by atoms with Gasteiger partial charge in [0, 0.05) is 12.7 Å². The van der Waals surface area contributed by atoms with Crippen LogP contribution in [0.3, 0.4) is 0 Å². The number of hydrogen-bond acceptors (Lipinski definition) is 4. The van der Waals surface area contributed by atoms with Crippen LogP contribution in [-0.4, -0.2) is 39.7 Å². The van der Waals surface area contributed by atoms with Crippen molar-refractivity contribution in [2.24, 2.45) is 5.92 Å². The number of carbonyl (C=O) groups is 1. The van der Waals surface area contributed by atoms with Crippen LogP contribution in [-0.2, 0) is 11.3 Å². The molecule has 2 N–H and O–H groups in total.